The highest BCUT2D eigenvalue weighted by Crippen LogP contribution is 2.62. The van der Waals surface area contributed by atoms with Crippen LogP contribution in [0.2, 0.25) is 5.02 Å². The second kappa shape index (κ2) is 7.74. The monoisotopic (exact) mass is 768 g/mol. The van der Waals surface area contributed by atoms with Gasteiger partial charge >= 0.3 is 5.97 Å². The summed E-state index contributed by atoms with van der Waals surface area (Å²) in [5, 5.41) is 21.3. The summed E-state index contributed by atoms with van der Waals surface area (Å²) in [5.74, 6) is 0.113. The van der Waals surface area contributed by atoms with Gasteiger partial charge in [0.1, 0.15) is 23.0 Å². The van der Waals surface area contributed by atoms with Crippen LogP contribution in [0.25, 0.3) is 0 Å². The fourth-order valence-electron chi connectivity index (χ4n) is 4.56. The molecule has 2 heterocycles. The first-order valence-electron chi connectivity index (χ1n) is 9.57. The molecule has 0 amide bonds. The summed E-state index contributed by atoms with van der Waals surface area (Å²) in [6.45, 7) is 5.31. The van der Waals surface area contributed by atoms with Gasteiger partial charge in [-0.3, -0.25) is 0 Å². The third-order valence-corrected chi connectivity index (χ3v) is 11.0. The van der Waals surface area contributed by atoms with Gasteiger partial charge in [-0.25, -0.2) is 4.79 Å². The molecule has 0 saturated heterocycles. The van der Waals surface area contributed by atoms with E-state index in [1.54, 1.807) is 26.0 Å². The van der Waals surface area contributed by atoms with E-state index in [2.05, 4.69) is 47.8 Å². The van der Waals surface area contributed by atoms with E-state index >= 15 is 0 Å². The summed E-state index contributed by atoms with van der Waals surface area (Å²) in [6, 6.07) is 3.33. The lowest BCUT2D eigenvalue weighted by molar-refractivity contribution is 0.0221. The molecule has 1 unspecified atom stereocenters. The maximum absolute atomic E-state index is 13.4. The van der Waals surface area contributed by atoms with Crippen molar-refractivity contribution >= 4 is 88.0 Å². The maximum Gasteiger partial charge on any atom is 0.341 e. The third kappa shape index (κ3) is 2.95. The lowest BCUT2D eigenvalue weighted by atomic mass is 9.75. The van der Waals surface area contributed by atoms with E-state index < -0.39 is 11.6 Å². The first kappa shape index (κ1) is 23.7. The van der Waals surface area contributed by atoms with Crippen LogP contribution in [-0.2, 0) is 10.3 Å². The number of hydrogen-bond acceptors (Lipinski definition) is 5. The Morgan fingerprint density at radius 2 is 1.48 bits per heavy atom. The summed E-state index contributed by atoms with van der Waals surface area (Å²) in [4.78, 5) is 13.4. The van der Waals surface area contributed by atoms with Crippen LogP contribution in [0.15, 0.2) is 25.6 Å². The number of esters is 1. The van der Waals surface area contributed by atoms with Gasteiger partial charge in [0.15, 0.2) is 5.60 Å². The molecule has 0 aliphatic carbocycles. The van der Waals surface area contributed by atoms with Gasteiger partial charge in [-0.2, -0.15) is 0 Å². The molecule has 170 valence electrons. The van der Waals surface area contributed by atoms with Gasteiger partial charge in [-0.15, -0.1) is 0 Å². The van der Waals surface area contributed by atoms with E-state index in [-0.39, 0.29) is 16.5 Å². The molecule has 5 rings (SSSR count). The molecule has 0 fully saturated rings. The minimum absolute atomic E-state index is 0.0724. The van der Waals surface area contributed by atoms with Crippen molar-refractivity contribution in [3.05, 3.63) is 73.1 Å². The second-order valence-corrected chi connectivity index (χ2v) is 11.9. The van der Waals surface area contributed by atoms with Crippen molar-refractivity contribution in [2.75, 3.05) is 0 Å². The van der Waals surface area contributed by atoms with Crippen LogP contribution < -0.4 is 4.74 Å². The number of fused-ring (bicyclic) bond motifs is 6. The van der Waals surface area contributed by atoms with Crippen molar-refractivity contribution in [2.24, 2.45) is 0 Å². The molecular weight excluding hydrogens is 758 g/mol. The highest BCUT2D eigenvalue weighted by Gasteiger charge is 2.57. The molecule has 1 spiro atoms. The van der Waals surface area contributed by atoms with E-state index in [4.69, 9.17) is 21.1 Å². The molecule has 2 N–H and O–H groups in total. The van der Waals surface area contributed by atoms with Gasteiger partial charge in [0.05, 0.1) is 14.2 Å². The summed E-state index contributed by atoms with van der Waals surface area (Å²) in [6.07, 6.45) is 0. The third-order valence-electron chi connectivity index (χ3n) is 6.20. The minimum Gasteiger partial charge on any atom is -0.506 e. The summed E-state index contributed by atoms with van der Waals surface area (Å²) < 4.78 is 15.1. The summed E-state index contributed by atoms with van der Waals surface area (Å²) in [5.41, 5.74) is 2.33. The van der Waals surface area contributed by atoms with Crippen LogP contribution >= 0.6 is 82.0 Å². The molecule has 2 aliphatic rings. The number of benzene rings is 3. The van der Waals surface area contributed by atoms with Crippen LogP contribution in [0.4, 0.5) is 0 Å². The largest absolute Gasteiger partial charge is 0.506 e. The number of aromatic hydroxyl groups is 2. The van der Waals surface area contributed by atoms with Gasteiger partial charge in [-0.05, 0) is 109 Å². The number of ether oxygens (including phenoxy) is 2. The number of halogens is 5. The van der Waals surface area contributed by atoms with E-state index in [0.29, 0.717) is 57.4 Å². The summed E-state index contributed by atoms with van der Waals surface area (Å²) >= 11 is 19.2. The van der Waals surface area contributed by atoms with Crippen LogP contribution in [0.5, 0.6) is 23.0 Å². The maximum atomic E-state index is 13.4. The molecule has 0 aromatic heterocycles. The number of carbonyl (C=O) groups is 1. The standard InChI is InChI=1S/C23H13Br3ClIO5/c1-6-14-13(16(25)17(26)15(6)24)22(31)33-23(14)9-4-11(27)18(29)7(2)20(9)32-21-8(3)19(30)12(28)5-10(21)23/h4-5,29-30H,1-3H3. The SMILES string of the molecule is Cc1c(O)c(Cl)cc2c1Oc1c(cc(I)c(O)c1C)C21OC(=O)c2c(Br)c(Br)c(Br)c(C)c21. The smallest absolute Gasteiger partial charge is 0.341 e. The minimum atomic E-state index is -1.41. The Morgan fingerprint density at radius 3 is 2.12 bits per heavy atom. The molecule has 3 aromatic carbocycles. The fraction of sp³-hybridized carbons (Fsp3) is 0.174. The highest BCUT2D eigenvalue weighted by molar-refractivity contribution is 14.1. The second-order valence-electron chi connectivity index (χ2n) is 7.91. The Labute approximate surface area is 233 Å². The Hall–Kier alpha value is -1.01. The Bertz CT molecular complexity index is 1390. The van der Waals surface area contributed by atoms with E-state index in [1.165, 1.54) is 0 Å². The first-order chi connectivity index (χ1) is 15.4. The van der Waals surface area contributed by atoms with Crippen molar-refractivity contribution in [1.82, 2.24) is 0 Å². The van der Waals surface area contributed by atoms with Gasteiger partial charge in [0, 0.05) is 41.2 Å². The number of phenolic OH excluding ortho intramolecular Hbond substituents is 2. The van der Waals surface area contributed by atoms with E-state index in [0.717, 1.165) is 10.0 Å². The van der Waals surface area contributed by atoms with Crippen LogP contribution in [0, 0.1) is 24.3 Å². The van der Waals surface area contributed by atoms with Crippen molar-refractivity contribution in [1.29, 1.82) is 0 Å². The zero-order valence-electron chi connectivity index (χ0n) is 17.2. The van der Waals surface area contributed by atoms with Crippen molar-refractivity contribution < 1.29 is 24.5 Å². The Kier molecular flexibility index (Phi) is 5.57. The number of phenols is 2. The summed E-state index contributed by atoms with van der Waals surface area (Å²) in [7, 11) is 0. The molecule has 33 heavy (non-hydrogen) atoms. The van der Waals surface area contributed by atoms with Gasteiger partial charge in [-0.1, -0.05) is 11.6 Å². The topological polar surface area (TPSA) is 76.0 Å². The zero-order valence-corrected chi connectivity index (χ0v) is 24.8. The predicted molar refractivity (Wildman–Crippen MR) is 143 cm³/mol. The molecule has 2 aliphatic heterocycles. The molecule has 10 heteroatoms. The number of hydrogen-bond donors (Lipinski definition) is 2. The van der Waals surface area contributed by atoms with Crippen LogP contribution in [-0.4, -0.2) is 16.2 Å². The van der Waals surface area contributed by atoms with Crippen molar-refractivity contribution in [2.45, 2.75) is 26.4 Å². The van der Waals surface area contributed by atoms with Crippen molar-refractivity contribution in [3.63, 3.8) is 0 Å². The Morgan fingerprint density at radius 1 is 0.909 bits per heavy atom. The average molecular weight is 771 g/mol. The zero-order chi connectivity index (χ0) is 24.1. The lowest BCUT2D eigenvalue weighted by Gasteiger charge is -2.39. The highest BCUT2D eigenvalue weighted by atomic mass is 127. The quantitative estimate of drug-likeness (QED) is 0.137. The fourth-order valence-corrected chi connectivity index (χ4v) is 7.24. The molecule has 0 saturated carbocycles. The van der Waals surface area contributed by atoms with Gasteiger partial charge in [0.2, 0.25) is 0 Å². The van der Waals surface area contributed by atoms with E-state index in [1.807, 2.05) is 29.5 Å². The molecule has 0 radical (unpaired) electrons. The predicted octanol–water partition coefficient (Wildman–Crippen LogP) is 8.14. The first-order valence-corrected chi connectivity index (χ1v) is 13.4. The van der Waals surface area contributed by atoms with Crippen LogP contribution in [0.1, 0.15) is 43.7 Å². The molecule has 1 atom stereocenters. The molecule has 3 aromatic rings. The van der Waals surface area contributed by atoms with Crippen molar-refractivity contribution in [3.8, 4) is 23.0 Å². The van der Waals surface area contributed by atoms with E-state index in [9.17, 15) is 15.0 Å². The van der Waals surface area contributed by atoms with Gasteiger partial charge < -0.3 is 19.7 Å². The Balaban J connectivity index is 2.05. The average Bonchev–Trinajstić information content (AvgIpc) is 3.08. The lowest BCUT2D eigenvalue weighted by Crippen LogP contribution is -2.34. The normalized spacial score (nSPS) is 18.0. The number of carbonyl (C=O) groups excluding carboxylic acids is 1. The molecule has 0 bridgehead atoms. The van der Waals surface area contributed by atoms with Gasteiger partial charge in [0.25, 0.3) is 0 Å². The molecule has 5 nitrogen and oxygen atoms in total. The number of rotatable bonds is 0. The molecular formula is C23H13Br3ClIO5. The van der Waals surface area contributed by atoms with Crippen LogP contribution in [0.3, 0.4) is 0 Å².